The number of nitrogens with one attached hydrogen (secondary N) is 1. The van der Waals surface area contributed by atoms with Crippen LogP contribution in [0.15, 0.2) is 47.4 Å². The second kappa shape index (κ2) is 7.65. The van der Waals surface area contributed by atoms with Crippen LogP contribution in [0.2, 0.25) is 5.02 Å². The average Bonchev–Trinajstić information content (AvgIpc) is 2.64. The highest BCUT2D eigenvalue weighted by Crippen LogP contribution is 2.23. The van der Waals surface area contributed by atoms with Crippen molar-refractivity contribution < 1.29 is 17.9 Å². The van der Waals surface area contributed by atoms with Crippen LogP contribution >= 0.6 is 11.6 Å². The second-order valence-corrected chi connectivity index (χ2v) is 8.00. The number of benzene rings is 2. The molecule has 0 bridgehead atoms. The first-order valence-corrected chi connectivity index (χ1v) is 9.99. The molecule has 1 aliphatic heterocycles. The van der Waals surface area contributed by atoms with E-state index in [1.54, 1.807) is 37.3 Å². The van der Waals surface area contributed by atoms with Crippen molar-refractivity contribution in [3.8, 4) is 0 Å². The summed E-state index contributed by atoms with van der Waals surface area (Å²) < 4.78 is 32.4. The largest absolute Gasteiger partial charge is 0.378 e. The Hall–Kier alpha value is -2.09. The van der Waals surface area contributed by atoms with Crippen molar-refractivity contribution in [2.45, 2.75) is 11.8 Å². The molecular formula is C18H19ClN2O4S. The van der Waals surface area contributed by atoms with Crippen molar-refractivity contribution in [3.63, 3.8) is 0 Å². The monoisotopic (exact) mass is 394 g/mol. The molecule has 3 rings (SSSR count). The van der Waals surface area contributed by atoms with E-state index >= 15 is 0 Å². The van der Waals surface area contributed by atoms with Gasteiger partial charge in [-0.15, -0.1) is 0 Å². The number of carbonyl (C=O) groups is 1. The summed E-state index contributed by atoms with van der Waals surface area (Å²) in [7, 11) is -4.00. The zero-order valence-corrected chi connectivity index (χ0v) is 15.8. The van der Waals surface area contributed by atoms with Gasteiger partial charge in [0.2, 0.25) is 0 Å². The lowest BCUT2D eigenvalue weighted by molar-refractivity contribution is 0.0981. The van der Waals surface area contributed by atoms with Crippen LogP contribution < -0.4 is 9.62 Å². The first-order chi connectivity index (χ1) is 12.4. The van der Waals surface area contributed by atoms with E-state index in [4.69, 9.17) is 16.3 Å². The zero-order chi connectivity index (χ0) is 18.7. The molecule has 0 atom stereocenters. The van der Waals surface area contributed by atoms with E-state index in [2.05, 4.69) is 9.62 Å². The highest BCUT2D eigenvalue weighted by molar-refractivity contribution is 7.90. The number of hydrogen-bond acceptors (Lipinski definition) is 5. The smallest absolute Gasteiger partial charge is 0.264 e. The molecule has 0 radical (unpaired) electrons. The Kier molecular flexibility index (Phi) is 5.50. The fourth-order valence-corrected chi connectivity index (χ4v) is 4.23. The Labute approximate surface area is 157 Å². The number of hydrogen-bond donors (Lipinski definition) is 1. The minimum Gasteiger partial charge on any atom is -0.378 e. The van der Waals surface area contributed by atoms with Gasteiger partial charge in [-0.3, -0.25) is 4.79 Å². The Balaban J connectivity index is 1.76. The third-order valence-corrected chi connectivity index (χ3v) is 6.13. The molecule has 0 saturated carbocycles. The number of amides is 1. The van der Waals surface area contributed by atoms with E-state index in [0.29, 0.717) is 23.8 Å². The Morgan fingerprint density at radius 3 is 2.42 bits per heavy atom. The molecule has 6 nitrogen and oxygen atoms in total. The molecule has 2 aromatic rings. The van der Waals surface area contributed by atoms with Crippen LogP contribution in [0.5, 0.6) is 0 Å². The molecule has 138 valence electrons. The Morgan fingerprint density at radius 1 is 1.12 bits per heavy atom. The minimum atomic E-state index is -4.00. The van der Waals surface area contributed by atoms with Crippen LogP contribution in [0.25, 0.3) is 0 Å². The molecule has 8 heteroatoms. The molecule has 0 unspecified atom stereocenters. The number of morpholine rings is 1. The van der Waals surface area contributed by atoms with E-state index in [1.165, 1.54) is 12.1 Å². The van der Waals surface area contributed by atoms with Gasteiger partial charge in [0.05, 0.1) is 18.1 Å². The maximum absolute atomic E-state index is 12.5. The summed E-state index contributed by atoms with van der Waals surface area (Å²) in [6, 6.07) is 11.4. The fourth-order valence-electron chi connectivity index (χ4n) is 2.76. The second-order valence-electron chi connectivity index (χ2n) is 5.94. The molecule has 2 aromatic carbocycles. The van der Waals surface area contributed by atoms with E-state index < -0.39 is 15.9 Å². The molecule has 1 saturated heterocycles. The van der Waals surface area contributed by atoms with Crippen molar-refractivity contribution in [2.24, 2.45) is 0 Å². The van der Waals surface area contributed by atoms with E-state index in [-0.39, 0.29) is 10.5 Å². The van der Waals surface area contributed by atoms with Gasteiger partial charge in [-0.2, -0.15) is 0 Å². The molecule has 1 N–H and O–H groups in total. The SMILES string of the molecule is Cc1c(Cl)cccc1S(=O)(=O)NC(=O)c1ccc(N2CCOCC2)cc1. The van der Waals surface area contributed by atoms with E-state index in [1.807, 2.05) is 0 Å². The number of sulfonamides is 1. The number of halogens is 1. The van der Waals surface area contributed by atoms with Crippen LogP contribution in [-0.4, -0.2) is 40.6 Å². The first kappa shape index (κ1) is 18.7. The van der Waals surface area contributed by atoms with E-state index in [9.17, 15) is 13.2 Å². The predicted molar refractivity (Wildman–Crippen MR) is 100 cm³/mol. The summed E-state index contributed by atoms with van der Waals surface area (Å²) in [5.74, 6) is -0.682. The van der Waals surface area contributed by atoms with Crippen LogP contribution in [0.1, 0.15) is 15.9 Å². The number of carbonyl (C=O) groups excluding carboxylic acids is 1. The van der Waals surface area contributed by atoms with Crippen molar-refractivity contribution in [3.05, 3.63) is 58.6 Å². The van der Waals surface area contributed by atoms with Gasteiger partial charge in [-0.1, -0.05) is 17.7 Å². The normalized spacial score (nSPS) is 14.9. The highest BCUT2D eigenvalue weighted by atomic mass is 35.5. The summed E-state index contributed by atoms with van der Waals surface area (Å²) in [5.41, 5.74) is 1.64. The lowest BCUT2D eigenvalue weighted by atomic mass is 10.2. The van der Waals surface area contributed by atoms with Crippen LogP contribution in [0.3, 0.4) is 0 Å². The molecule has 1 amide bonds. The van der Waals surface area contributed by atoms with Gasteiger partial charge >= 0.3 is 0 Å². The summed E-state index contributed by atoms with van der Waals surface area (Å²) >= 11 is 5.97. The van der Waals surface area contributed by atoms with Gasteiger partial charge in [-0.05, 0) is 48.9 Å². The first-order valence-electron chi connectivity index (χ1n) is 8.13. The van der Waals surface area contributed by atoms with E-state index in [0.717, 1.165) is 18.8 Å². The molecular weight excluding hydrogens is 376 g/mol. The van der Waals surface area contributed by atoms with Gasteiger partial charge in [0, 0.05) is 29.4 Å². The molecule has 26 heavy (non-hydrogen) atoms. The molecule has 1 fully saturated rings. The van der Waals surface area contributed by atoms with Crippen LogP contribution in [0, 0.1) is 6.92 Å². The Morgan fingerprint density at radius 2 is 1.77 bits per heavy atom. The van der Waals surface area contributed by atoms with Gasteiger partial charge in [-0.25, -0.2) is 13.1 Å². The predicted octanol–water partition coefficient (Wildman–Crippen LogP) is 2.60. The number of anilines is 1. The molecule has 0 spiro atoms. The summed E-state index contributed by atoms with van der Waals surface area (Å²) in [5, 5.41) is 0.329. The van der Waals surface area contributed by atoms with Gasteiger partial charge in [0.1, 0.15) is 0 Å². The number of rotatable bonds is 4. The van der Waals surface area contributed by atoms with Gasteiger partial charge in [0.15, 0.2) is 0 Å². The molecule has 0 aliphatic carbocycles. The van der Waals surface area contributed by atoms with Crippen molar-refractivity contribution >= 4 is 33.2 Å². The van der Waals surface area contributed by atoms with Crippen LogP contribution in [-0.2, 0) is 14.8 Å². The zero-order valence-electron chi connectivity index (χ0n) is 14.2. The minimum absolute atomic E-state index is 0.0108. The summed E-state index contributed by atoms with van der Waals surface area (Å²) in [6.07, 6.45) is 0. The highest BCUT2D eigenvalue weighted by Gasteiger charge is 2.22. The topological polar surface area (TPSA) is 75.7 Å². The summed E-state index contributed by atoms with van der Waals surface area (Å²) in [4.78, 5) is 14.5. The van der Waals surface area contributed by atoms with Gasteiger partial charge in [0.25, 0.3) is 15.9 Å². The quantitative estimate of drug-likeness (QED) is 0.862. The lowest BCUT2D eigenvalue weighted by Crippen LogP contribution is -2.36. The maximum Gasteiger partial charge on any atom is 0.264 e. The molecule has 1 aliphatic rings. The molecule has 0 aromatic heterocycles. The third kappa shape index (κ3) is 4.00. The fraction of sp³-hybridized carbons (Fsp3) is 0.278. The maximum atomic E-state index is 12.5. The van der Waals surface area contributed by atoms with Gasteiger partial charge < -0.3 is 9.64 Å². The number of nitrogens with zero attached hydrogens (tertiary/aromatic N) is 1. The van der Waals surface area contributed by atoms with Crippen molar-refractivity contribution in [2.75, 3.05) is 31.2 Å². The average molecular weight is 395 g/mol. The van der Waals surface area contributed by atoms with Crippen LogP contribution in [0.4, 0.5) is 5.69 Å². The lowest BCUT2D eigenvalue weighted by Gasteiger charge is -2.28. The Bertz CT molecular complexity index is 907. The molecule has 1 heterocycles. The number of ether oxygens (including phenoxy) is 1. The van der Waals surface area contributed by atoms with Crippen molar-refractivity contribution in [1.82, 2.24) is 4.72 Å². The third-order valence-electron chi connectivity index (χ3n) is 4.24. The standard InChI is InChI=1S/C18H19ClN2O4S/c1-13-16(19)3-2-4-17(13)26(23,24)20-18(22)14-5-7-15(8-6-14)21-9-11-25-12-10-21/h2-8H,9-12H2,1H3,(H,20,22). The summed E-state index contributed by atoms with van der Waals surface area (Å²) in [6.45, 7) is 4.50. The van der Waals surface area contributed by atoms with Crippen molar-refractivity contribution in [1.29, 1.82) is 0 Å².